The molecule has 0 atom stereocenters. The Hall–Kier alpha value is -1.49. The van der Waals surface area contributed by atoms with Crippen molar-refractivity contribution in [2.75, 3.05) is 11.9 Å². The molecule has 84 valence electrons. The van der Waals surface area contributed by atoms with Crippen LogP contribution in [0.5, 0.6) is 0 Å². The minimum atomic E-state index is 0.444. The van der Waals surface area contributed by atoms with E-state index in [1.807, 2.05) is 25.4 Å². The zero-order chi connectivity index (χ0) is 11.5. The fraction of sp³-hybridized carbons (Fsp3) is 0.364. The molecule has 0 aliphatic heterocycles. The Bertz CT molecular complexity index is 436. The number of nitrogens with zero attached hydrogens (tertiary/aromatic N) is 4. The summed E-state index contributed by atoms with van der Waals surface area (Å²) in [5.74, 6) is 0.975. The first kappa shape index (κ1) is 11.0. The van der Waals surface area contributed by atoms with E-state index in [1.54, 1.807) is 5.51 Å². The molecule has 0 N–H and O–H groups in total. The summed E-state index contributed by atoms with van der Waals surface area (Å²) in [6.07, 6.45) is 1.84. The molecular weight excluding hydrogens is 220 g/mol. The van der Waals surface area contributed by atoms with Gasteiger partial charge in [-0.3, -0.25) is 0 Å². The average molecular weight is 234 g/mol. The molecule has 0 spiro atoms. The third kappa shape index (κ3) is 2.19. The third-order valence-corrected chi connectivity index (χ3v) is 3.23. The van der Waals surface area contributed by atoms with E-state index in [9.17, 15) is 0 Å². The van der Waals surface area contributed by atoms with Crippen LogP contribution < -0.4 is 4.90 Å². The van der Waals surface area contributed by atoms with Gasteiger partial charge in [0, 0.05) is 24.8 Å². The largest absolute Gasteiger partial charge is 0.357 e. The maximum atomic E-state index is 4.42. The van der Waals surface area contributed by atoms with Crippen LogP contribution in [0.1, 0.15) is 13.8 Å². The molecule has 0 bridgehead atoms. The molecular formula is C11H14N4S. The van der Waals surface area contributed by atoms with Crippen LogP contribution in [0, 0.1) is 0 Å². The van der Waals surface area contributed by atoms with E-state index in [-0.39, 0.29) is 0 Å². The van der Waals surface area contributed by atoms with Gasteiger partial charge in [0.2, 0.25) is 0 Å². The minimum absolute atomic E-state index is 0.444. The van der Waals surface area contributed by atoms with Crippen molar-refractivity contribution in [1.29, 1.82) is 0 Å². The summed E-state index contributed by atoms with van der Waals surface area (Å²) < 4.78 is 0. The Labute approximate surface area is 99.0 Å². The van der Waals surface area contributed by atoms with Gasteiger partial charge in [-0.2, -0.15) is 0 Å². The lowest BCUT2D eigenvalue weighted by Gasteiger charge is -2.22. The molecule has 2 aromatic rings. The lowest BCUT2D eigenvalue weighted by molar-refractivity contribution is 0.743. The van der Waals surface area contributed by atoms with E-state index < -0.39 is 0 Å². The molecule has 0 fully saturated rings. The summed E-state index contributed by atoms with van der Waals surface area (Å²) in [4.78, 5) is 6.55. The second-order valence-electron chi connectivity index (χ2n) is 3.85. The summed E-state index contributed by atoms with van der Waals surface area (Å²) in [5, 5.41) is 8.73. The monoisotopic (exact) mass is 234 g/mol. The summed E-state index contributed by atoms with van der Waals surface area (Å²) in [5.41, 5.74) is 2.74. The molecule has 2 aromatic heterocycles. The number of hydrogen-bond acceptors (Lipinski definition) is 5. The van der Waals surface area contributed by atoms with E-state index in [0.29, 0.717) is 6.04 Å². The molecule has 4 nitrogen and oxygen atoms in total. The fourth-order valence-corrected chi connectivity index (χ4v) is 1.83. The van der Waals surface area contributed by atoms with Gasteiger partial charge < -0.3 is 4.90 Å². The zero-order valence-corrected chi connectivity index (χ0v) is 10.4. The van der Waals surface area contributed by atoms with Crippen molar-refractivity contribution in [2.24, 2.45) is 0 Å². The molecule has 16 heavy (non-hydrogen) atoms. The van der Waals surface area contributed by atoms with Gasteiger partial charge in [-0.05, 0) is 26.0 Å². The van der Waals surface area contributed by atoms with E-state index in [0.717, 1.165) is 16.4 Å². The van der Waals surface area contributed by atoms with E-state index >= 15 is 0 Å². The fourth-order valence-electron chi connectivity index (χ4n) is 1.28. The van der Waals surface area contributed by atoms with Crippen LogP contribution in [0.15, 0.2) is 23.8 Å². The van der Waals surface area contributed by atoms with Crippen LogP contribution in [0.25, 0.3) is 10.6 Å². The second-order valence-corrected chi connectivity index (χ2v) is 4.69. The molecule has 2 rings (SSSR count). The Morgan fingerprint density at radius 3 is 2.62 bits per heavy atom. The van der Waals surface area contributed by atoms with E-state index in [4.69, 9.17) is 0 Å². The predicted octanol–water partition coefficient (Wildman–Crippen LogP) is 2.44. The molecule has 0 saturated heterocycles. The standard InChI is InChI=1S/C11H14N4S/c1-8(2)15(3)10-5-4-9(6-12-10)11-14-13-7-16-11/h4-8H,1-3H3. The maximum Gasteiger partial charge on any atom is 0.149 e. The maximum absolute atomic E-state index is 4.42. The first-order valence-electron chi connectivity index (χ1n) is 5.14. The van der Waals surface area contributed by atoms with Gasteiger partial charge in [-0.15, -0.1) is 10.2 Å². The molecule has 0 aliphatic rings. The normalized spacial score (nSPS) is 10.8. The summed E-state index contributed by atoms with van der Waals surface area (Å²) in [7, 11) is 2.04. The molecule has 0 radical (unpaired) electrons. The van der Waals surface area contributed by atoms with Crippen LogP contribution >= 0.6 is 11.3 Å². The van der Waals surface area contributed by atoms with Gasteiger partial charge in [0.15, 0.2) is 0 Å². The average Bonchev–Trinajstić information content (AvgIpc) is 2.81. The summed E-state index contributed by atoms with van der Waals surface area (Å²) in [6.45, 7) is 4.28. The zero-order valence-electron chi connectivity index (χ0n) is 9.58. The van der Waals surface area contributed by atoms with Gasteiger partial charge in [-0.25, -0.2) is 4.98 Å². The Kier molecular flexibility index (Phi) is 3.14. The lowest BCUT2D eigenvalue weighted by atomic mass is 10.2. The number of pyridine rings is 1. The lowest BCUT2D eigenvalue weighted by Crippen LogP contribution is -2.26. The minimum Gasteiger partial charge on any atom is -0.357 e. The highest BCUT2D eigenvalue weighted by atomic mass is 32.1. The number of anilines is 1. The highest BCUT2D eigenvalue weighted by molar-refractivity contribution is 7.12. The smallest absolute Gasteiger partial charge is 0.149 e. The van der Waals surface area contributed by atoms with Gasteiger partial charge in [0.25, 0.3) is 0 Å². The topological polar surface area (TPSA) is 41.9 Å². The van der Waals surface area contributed by atoms with Gasteiger partial charge in [-0.1, -0.05) is 11.3 Å². The summed E-state index contributed by atoms with van der Waals surface area (Å²) in [6, 6.07) is 4.48. The van der Waals surface area contributed by atoms with Crippen molar-refractivity contribution in [2.45, 2.75) is 19.9 Å². The molecule has 0 unspecified atom stereocenters. The highest BCUT2D eigenvalue weighted by Crippen LogP contribution is 2.21. The van der Waals surface area contributed by atoms with Crippen LogP contribution in [0.3, 0.4) is 0 Å². The summed E-state index contributed by atoms with van der Waals surface area (Å²) >= 11 is 1.52. The van der Waals surface area contributed by atoms with E-state index in [1.165, 1.54) is 11.3 Å². The molecule has 2 heterocycles. The van der Waals surface area contributed by atoms with Crippen molar-refractivity contribution >= 4 is 17.2 Å². The quantitative estimate of drug-likeness (QED) is 0.818. The van der Waals surface area contributed by atoms with Crippen LogP contribution in [-0.2, 0) is 0 Å². The number of aromatic nitrogens is 3. The number of hydrogen-bond donors (Lipinski definition) is 0. The van der Waals surface area contributed by atoms with Crippen molar-refractivity contribution in [3.63, 3.8) is 0 Å². The third-order valence-electron chi connectivity index (χ3n) is 2.49. The number of rotatable bonds is 3. The Morgan fingerprint density at radius 1 is 1.31 bits per heavy atom. The SMILES string of the molecule is CC(C)N(C)c1ccc(-c2nncs2)cn1. The van der Waals surface area contributed by atoms with Crippen molar-refractivity contribution in [1.82, 2.24) is 15.2 Å². The molecule has 5 heteroatoms. The predicted molar refractivity (Wildman–Crippen MR) is 66.7 cm³/mol. The van der Waals surface area contributed by atoms with Gasteiger partial charge >= 0.3 is 0 Å². The molecule has 0 aliphatic carbocycles. The Morgan fingerprint density at radius 2 is 2.12 bits per heavy atom. The van der Waals surface area contributed by atoms with Crippen molar-refractivity contribution in [3.05, 3.63) is 23.8 Å². The van der Waals surface area contributed by atoms with Crippen LogP contribution in [-0.4, -0.2) is 28.3 Å². The van der Waals surface area contributed by atoms with E-state index in [2.05, 4.69) is 33.9 Å². The van der Waals surface area contributed by atoms with Crippen molar-refractivity contribution < 1.29 is 0 Å². The highest BCUT2D eigenvalue weighted by Gasteiger charge is 2.07. The Balaban J connectivity index is 2.23. The molecule has 0 aromatic carbocycles. The van der Waals surface area contributed by atoms with Gasteiger partial charge in [0.1, 0.15) is 16.3 Å². The molecule has 0 amide bonds. The first-order valence-corrected chi connectivity index (χ1v) is 6.02. The second kappa shape index (κ2) is 4.57. The van der Waals surface area contributed by atoms with Crippen LogP contribution in [0.4, 0.5) is 5.82 Å². The van der Waals surface area contributed by atoms with Gasteiger partial charge in [0.05, 0.1) is 0 Å². The first-order chi connectivity index (χ1) is 7.68. The van der Waals surface area contributed by atoms with Crippen molar-refractivity contribution in [3.8, 4) is 10.6 Å². The molecule has 0 saturated carbocycles. The van der Waals surface area contributed by atoms with Crippen LogP contribution in [0.2, 0.25) is 0 Å².